The Labute approximate surface area is 142 Å². The van der Waals surface area contributed by atoms with E-state index in [0.717, 1.165) is 30.3 Å². The van der Waals surface area contributed by atoms with Crippen molar-refractivity contribution in [2.75, 3.05) is 11.9 Å². The summed E-state index contributed by atoms with van der Waals surface area (Å²) in [6.45, 7) is -0.180. The van der Waals surface area contributed by atoms with Crippen LogP contribution in [0.1, 0.15) is 6.42 Å². The predicted octanol–water partition coefficient (Wildman–Crippen LogP) is 2.04. The Morgan fingerprint density at radius 2 is 1.84 bits per heavy atom. The second-order valence-electron chi connectivity index (χ2n) is 4.96. The first-order valence-corrected chi connectivity index (χ1v) is 8.56. The average Bonchev–Trinajstić information content (AvgIpc) is 2.54. The van der Waals surface area contributed by atoms with E-state index in [1.165, 1.54) is 18.2 Å². The topological polar surface area (TPSA) is 118 Å². The Balaban J connectivity index is 1.89. The van der Waals surface area contributed by atoms with Gasteiger partial charge in [-0.15, -0.1) is 0 Å². The van der Waals surface area contributed by atoms with E-state index < -0.39 is 26.7 Å². The molecule has 0 radical (unpaired) electrons. The minimum Gasteiger partial charge on any atom is -0.326 e. The number of nitro groups is 1. The molecule has 0 aliphatic heterocycles. The van der Waals surface area contributed by atoms with Crippen LogP contribution in [-0.4, -0.2) is 25.8 Å². The number of non-ortho nitro benzene ring substituents is 1. The summed E-state index contributed by atoms with van der Waals surface area (Å²) in [7, 11) is -3.89. The molecule has 0 aromatic heterocycles. The van der Waals surface area contributed by atoms with E-state index in [2.05, 4.69) is 10.0 Å². The predicted molar refractivity (Wildman–Crippen MR) is 87.9 cm³/mol. The van der Waals surface area contributed by atoms with Gasteiger partial charge in [0.1, 0.15) is 5.82 Å². The molecule has 1 amide bonds. The van der Waals surface area contributed by atoms with Crippen LogP contribution >= 0.6 is 0 Å². The number of amides is 1. The molecule has 2 aromatic carbocycles. The minimum absolute atomic E-state index is 0.149. The van der Waals surface area contributed by atoms with E-state index in [1.807, 2.05) is 0 Å². The number of hydrogen-bond donors (Lipinski definition) is 2. The van der Waals surface area contributed by atoms with Crippen molar-refractivity contribution >= 4 is 27.3 Å². The van der Waals surface area contributed by atoms with E-state index in [0.29, 0.717) is 0 Å². The highest BCUT2D eigenvalue weighted by Gasteiger charge is 2.16. The number of sulfonamides is 1. The smallest absolute Gasteiger partial charge is 0.269 e. The number of carbonyl (C=O) groups is 1. The van der Waals surface area contributed by atoms with Gasteiger partial charge in [0.15, 0.2) is 0 Å². The molecule has 0 aliphatic carbocycles. The first-order valence-electron chi connectivity index (χ1n) is 7.07. The molecule has 8 nitrogen and oxygen atoms in total. The number of halogens is 1. The lowest BCUT2D eigenvalue weighted by molar-refractivity contribution is -0.384. The zero-order valence-corrected chi connectivity index (χ0v) is 13.6. The third kappa shape index (κ3) is 5.33. The van der Waals surface area contributed by atoms with Gasteiger partial charge in [-0.05, 0) is 30.3 Å². The highest BCUT2D eigenvalue weighted by molar-refractivity contribution is 7.89. The van der Waals surface area contributed by atoms with Gasteiger partial charge < -0.3 is 5.32 Å². The summed E-state index contributed by atoms with van der Waals surface area (Å²) in [5.41, 5.74) is 0.0386. The molecule has 2 aromatic rings. The Kier molecular flexibility index (Phi) is 5.78. The maximum absolute atomic E-state index is 13.0. The molecular formula is C15H14FN3O5S. The molecule has 25 heavy (non-hydrogen) atoms. The van der Waals surface area contributed by atoms with Crippen molar-refractivity contribution in [3.8, 4) is 0 Å². The fraction of sp³-hybridized carbons (Fsp3) is 0.133. The highest BCUT2D eigenvalue weighted by Crippen LogP contribution is 2.15. The van der Waals surface area contributed by atoms with Gasteiger partial charge in [0.05, 0.1) is 9.82 Å². The van der Waals surface area contributed by atoms with Crippen molar-refractivity contribution in [2.45, 2.75) is 11.3 Å². The third-order valence-electron chi connectivity index (χ3n) is 3.11. The molecule has 0 saturated carbocycles. The Bertz CT molecular complexity index is 884. The van der Waals surface area contributed by atoms with Crippen LogP contribution in [0.3, 0.4) is 0 Å². The van der Waals surface area contributed by atoms with Crippen molar-refractivity contribution in [3.63, 3.8) is 0 Å². The lowest BCUT2D eigenvalue weighted by Crippen LogP contribution is -2.27. The molecule has 0 atom stereocenters. The van der Waals surface area contributed by atoms with Gasteiger partial charge in [0.2, 0.25) is 15.9 Å². The quantitative estimate of drug-likeness (QED) is 0.573. The standard InChI is InChI=1S/C15H14FN3O5S/c16-11-2-1-3-12(10-11)18-15(20)8-9-17-25(23,24)14-6-4-13(5-7-14)19(21)22/h1-7,10,17H,8-9H2,(H,18,20). The summed E-state index contributed by atoms with van der Waals surface area (Å²) >= 11 is 0. The number of hydrogen-bond acceptors (Lipinski definition) is 5. The van der Waals surface area contributed by atoms with E-state index in [9.17, 15) is 27.7 Å². The normalized spacial score (nSPS) is 11.1. The lowest BCUT2D eigenvalue weighted by atomic mass is 10.3. The van der Waals surface area contributed by atoms with E-state index in [1.54, 1.807) is 0 Å². The number of nitro benzene ring substituents is 1. The van der Waals surface area contributed by atoms with Crippen LogP contribution in [0.15, 0.2) is 53.4 Å². The third-order valence-corrected chi connectivity index (χ3v) is 4.59. The molecular weight excluding hydrogens is 353 g/mol. The zero-order chi connectivity index (χ0) is 18.4. The molecule has 2 rings (SSSR count). The molecule has 0 bridgehead atoms. The number of carbonyl (C=O) groups excluding carboxylic acids is 1. The highest BCUT2D eigenvalue weighted by atomic mass is 32.2. The number of benzene rings is 2. The van der Waals surface area contributed by atoms with Gasteiger partial charge in [-0.3, -0.25) is 14.9 Å². The summed E-state index contributed by atoms with van der Waals surface area (Å²) in [5.74, 6) is -0.992. The first-order chi connectivity index (χ1) is 11.8. The van der Waals surface area contributed by atoms with Gasteiger partial charge >= 0.3 is 0 Å². The van der Waals surface area contributed by atoms with Crippen LogP contribution < -0.4 is 10.0 Å². The number of nitrogens with one attached hydrogen (secondary N) is 2. The molecule has 10 heteroatoms. The van der Waals surface area contributed by atoms with Gasteiger partial charge in [-0.2, -0.15) is 0 Å². The van der Waals surface area contributed by atoms with Gasteiger partial charge in [-0.1, -0.05) is 6.07 Å². The van der Waals surface area contributed by atoms with Crippen molar-refractivity contribution in [1.82, 2.24) is 4.72 Å². The largest absolute Gasteiger partial charge is 0.326 e. The number of nitrogens with zero attached hydrogens (tertiary/aromatic N) is 1. The van der Waals surface area contributed by atoms with Crippen LogP contribution in [0.2, 0.25) is 0 Å². The van der Waals surface area contributed by atoms with Crippen molar-refractivity contribution < 1.29 is 22.5 Å². The van der Waals surface area contributed by atoms with Crippen LogP contribution in [-0.2, 0) is 14.8 Å². The maximum atomic E-state index is 13.0. The average molecular weight is 367 g/mol. The monoisotopic (exact) mass is 367 g/mol. The lowest BCUT2D eigenvalue weighted by Gasteiger charge is -2.07. The van der Waals surface area contributed by atoms with Crippen molar-refractivity contribution in [3.05, 3.63) is 64.5 Å². The first kappa shape index (κ1) is 18.5. The molecule has 0 heterocycles. The summed E-state index contributed by atoms with van der Waals surface area (Å²) in [5, 5.41) is 13.0. The van der Waals surface area contributed by atoms with Crippen molar-refractivity contribution in [2.24, 2.45) is 0 Å². The molecule has 0 fully saturated rings. The van der Waals surface area contributed by atoms with Crippen LogP contribution in [0.4, 0.5) is 15.8 Å². The van der Waals surface area contributed by atoms with Crippen LogP contribution in [0, 0.1) is 15.9 Å². The second kappa shape index (κ2) is 7.81. The number of anilines is 1. The molecule has 0 saturated heterocycles. The van der Waals surface area contributed by atoms with E-state index in [-0.39, 0.29) is 29.2 Å². The van der Waals surface area contributed by atoms with Crippen LogP contribution in [0.25, 0.3) is 0 Å². The van der Waals surface area contributed by atoms with Crippen molar-refractivity contribution in [1.29, 1.82) is 0 Å². The zero-order valence-electron chi connectivity index (χ0n) is 12.8. The summed E-state index contributed by atoms with van der Waals surface area (Å²) in [4.78, 5) is 21.5. The molecule has 2 N–H and O–H groups in total. The van der Waals surface area contributed by atoms with Gasteiger partial charge in [-0.25, -0.2) is 17.5 Å². The summed E-state index contributed by atoms with van der Waals surface area (Å²) in [6.07, 6.45) is -0.164. The fourth-order valence-corrected chi connectivity index (χ4v) is 2.95. The summed E-state index contributed by atoms with van der Waals surface area (Å²) in [6, 6.07) is 9.66. The Hall–Kier alpha value is -2.85. The van der Waals surface area contributed by atoms with Gasteiger partial charge in [0.25, 0.3) is 5.69 Å². The summed E-state index contributed by atoms with van der Waals surface area (Å²) < 4.78 is 39.3. The SMILES string of the molecule is O=C(CCNS(=O)(=O)c1ccc([N+](=O)[O-])cc1)Nc1cccc(F)c1. The molecule has 0 spiro atoms. The van der Waals surface area contributed by atoms with Gasteiger partial charge in [0, 0.05) is 30.8 Å². The number of rotatable bonds is 7. The second-order valence-corrected chi connectivity index (χ2v) is 6.72. The van der Waals surface area contributed by atoms with E-state index in [4.69, 9.17) is 0 Å². The molecule has 0 unspecified atom stereocenters. The Morgan fingerprint density at radius 3 is 2.44 bits per heavy atom. The fourth-order valence-electron chi connectivity index (χ4n) is 1.92. The minimum atomic E-state index is -3.89. The molecule has 0 aliphatic rings. The maximum Gasteiger partial charge on any atom is 0.269 e. The Morgan fingerprint density at radius 1 is 1.16 bits per heavy atom. The molecule has 132 valence electrons. The van der Waals surface area contributed by atoms with E-state index >= 15 is 0 Å². The van der Waals surface area contributed by atoms with Crippen LogP contribution in [0.5, 0.6) is 0 Å².